The summed E-state index contributed by atoms with van der Waals surface area (Å²) < 4.78 is 4.86. The molecule has 0 bridgehead atoms. The van der Waals surface area contributed by atoms with Crippen LogP contribution in [0.2, 0.25) is 0 Å². The molecule has 0 aromatic rings. The third-order valence-electron chi connectivity index (χ3n) is 3.82. The maximum Gasteiger partial charge on any atom is 0.319 e. The van der Waals surface area contributed by atoms with Gasteiger partial charge in [-0.2, -0.15) is 0 Å². The first-order valence-electron chi connectivity index (χ1n) is 6.37. The number of unbranched alkanes of at least 4 members (excludes halogenated alkanes) is 2. The zero-order chi connectivity index (χ0) is 12.9. The summed E-state index contributed by atoms with van der Waals surface area (Å²) in [6, 6.07) is 0. The average Bonchev–Trinajstić information content (AvgIpc) is 2.66. The van der Waals surface area contributed by atoms with Gasteiger partial charge in [0.05, 0.1) is 7.11 Å². The van der Waals surface area contributed by atoms with Gasteiger partial charge >= 0.3 is 5.97 Å². The first-order valence-corrected chi connectivity index (χ1v) is 6.37. The summed E-state index contributed by atoms with van der Waals surface area (Å²) >= 11 is 0. The third kappa shape index (κ3) is 2.43. The molecule has 2 atom stereocenters. The highest BCUT2D eigenvalue weighted by Gasteiger charge is 2.54. The van der Waals surface area contributed by atoms with Crippen LogP contribution in [0.3, 0.4) is 0 Å². The number of hydrogen-bond acceptors (Lipinski definition) is 3. The quantitative estimate of drug-likeness (QED) is 0.309. The molecule has 1 fully saturated rings. The lowest BCUT2D eigenvalue weighted by Gasteiger charge is -2.29. The van der Waals surface area contributed by atoms with Crippen molar-refractivity contribution >= 4 is 11.8 Å². The molecule has 0 heterocycles. The summed E-state index contributed by atoms with van der Waals surface area (Å²) in [7, 11) is 1.36. The normalized spacial score (nSPS) is 28.1. The van der Waals surface area contributed by atoms with E-state index in [9.17, 15) is 9.59 Å². The van der Waals surface area contributed by atoms with Crippen molar-refractivity contribution in [3.63, 3.8) is 0 Å². The molecule has 3 heteroatoms. The molecule has 1 saturated carbocycles. The van der Waals surface area contributed by atoms with Crippen LogP contribution in [0.15, 0.2) is 12.7 Å². The Morgan fingerprint density at radius 3 is 2.82 bits per heavy atom. The first-order chi connectivity index (χ1) is 8.13. The van der Waals surface area contributed by atoms with Crippen molar-refractivity contribution in [3.05, 3.63) is 12.7 Å². The molecule has 0 N–H and O–H groups in total. The van der Waals surface area contributed by atoms with Gasteiger partial charge in [-0.15, -0.1) is 6.58 Å². The smallest absolute Gasteiger partial charge is 0.319 e. The Kier molecular flexibility index (Phi) is 4.91. The maximum atomic E-state index is 12.1. The lowest BCUT2D eigenvalue weighted by atomic mass is 9.73. The molecule has 0 radical (unpaired) electrons. The van der Waals surface area contributed by atoms with Gasteiger partial charge in [0.2, 0.25) is 0 Å². The van der Waals surface area contributed by atoms with Crippen molar-refractivity contribution in [2.24, 2.45) is 11.3 Å². The topological polar surface area (TPSA) is 43.4 Å². The molecule has 1 rings (SSSR count). The van der Waals surface area contributed by atoms with Gasteiger partial charge in [0.15, 0.2) is 5.78 Å². The van der Waals surface area contributed by atoms with Gasteiger partial charge in [-0.25, -0.2) is 0 Å². The Labute approximate surface area is 103 Å². The molecule has 0 aliphatic heterocycles. The number of esters is 1. The lowest BCUT2D eigenvalue weighted by Crippen LogP contribution is -2.41. The van der Waals surface area contributed by atoms with E-state index in [1.807, 2.05) is 0 Å². The van der Waals surface area contributed by atoms with Gasteiger partial charge in [0, 0.05) is 12.3 Å². The van der Waals surface area contributed by atoms with Crippen LogP contribution in [0.5, 0.6) is 0 Å². The van der Waals surface area contributed by atoms with Gasteiger partial charge in [-0.05, 0) is 12.8 Å². The predicted molar refractivity (Wildman–Crippen MR) is 66.5 cm³/mol. The second-order valence-electron chi connectivity index (χ2n) is 4.72. The fraction of sp³-hybridized carbons (Fsp3) is 0.714. The van der Waals surface area contributed by atoms with Gasteiger partial charge in [0.1, 0.15) is 5.41 Å². The van der Waals surface area contributed by atoms with Crippen molar-refractivity contribution in [1.82, 2.24) is 0 Å². The second-order valence-corrected chi connectivity index (χ2v) is 4.72. The summed E-state index contributed by atoms with van der Waals surface area (Å²) in [6.07, 6.45) is 6.54. The van der Waals surface area contributed by atoms with Crippen molar-refractivity contribution in [1.29, 1.82) is 0 Å². The number of carbonyl (C=O) groups is 2. The Balaban J connectivity index is 2.94. The Morgan fingerprint density at radius 2 is 2.29 bits per heavy atom. The zero-order valence-electron chi connectivity index (χ0n) is 10.8. The minimum absolute atomic E-state index is 0.0327. The van der Waals surface area contributed by atoms with Crippen LogP contribution in [-0.4, -0.2) is 18.9 Å². The fourth-order valence-electron chi connectivity index (χ4n) is 2.81. The molecule has 0 spiro atoms. The minimum atomic E-state index is -0.939. The largest absolute Gasteiger partial charge is 0.468 e. The number of methoxy groups -OCH3 is 1. The Morgan fingerprint density at radius 1 is 1.59 bits per heavy atom. The number of ether oxygens (including phenoxy) is 1. The van der Waals surface area contributed by atoms with E-state index >= 15 is 0 Å². The van der Waals surface area contributed by atoms with Crippen LogP contribution >= 0.6 is 0 Å². The van der Waals surface area contributed by atoms with E-state index in [0.717, 1.165) is 25.7 Å². The molecule has 1 aliphatic carbocycles. The minimum Gasteiger partial charge on any atom is -0.468 e. The number of ketones is 1. The molecule has 0 amide bonds. The zero-order valence-corrected chi connectivity index (χ0v) is 10.8. The number of rotatable bonds is 6. The second kappa shape index (κ2) is 5.99. The Bertz CT molecular complexity index is 309. The summed E-state index contributed by atoms with van der Waals surface area (Å²) in [5.74, 6) is -0.398. The Hall–Kier alpha value is -1.12. The van der Waals surface area contributed by atoms with Crippen LogP contribution in [0.4, 0.5) is 0 Å². The molecule has 96 valence electrons. The standard InChI is InChI=1S/C14H22O3/c1-4-6-7-10-14(13(16)17-3)11(5-2)8-9-12(14)15/h5,11H,2,4,6-10H2,1,3H3. The van der Waals surface area contributed by atoms with Gasteiger partial charge in [0.25, 0.3) is 0 Å². The van der Waals surface area contributed by atoms with Crippen LogP contribution < -0.4 is 0 Å². The number of allylic oxidation sites excluding steroid dienone is 1. The lowest BCUT2D eigenvalue weighted by molar-refractivity contribution is -0.159. The fourth-order valence-corrected chi connectivity index (χ4v) is 2.81. The van der Waals surface area contributed by atoms with E-state index in [1.54, 1.807) is 6.08 Å². The first kappa shape index (κ1) is 13.9. The molecule has 1 aliphatic rings. The monoisotopic (exact) mass is 238 g/mol. The highest BCUT2D eigenvalue weighted by Crippen LogP contribution is 2.46. The summed E-state index contributed by atoms with van der Waals surface area (Å²) in [4.78, 5) is 24.1. The van der Waals surface area contributed by atoms with E-state index in [4.69, 9.17) is 4.74 Å². The molecule has 17 heavy (non-hydrogen) atoms. The van der Waals surface area contributed by atoms with Gasteiger partial charge in [-0.3, -0.25) is 9.59 Å². The maximum absolute atomic E-state index is 12.1. The van der Waals surface area contributed by atoms with E-state index in [-0.39, 0.29) is 17.7 Å². The molecule has 0 saturated heterocycles. The predicted octanol–water partition coefficient (Wildman–Crippen LogP) is 2.89. The summed E-state index contributed by atoms with van der Waals surface area (Å²) in [5.41, 5.74) is -0.939. The van der Waals surface area contributed by atoms with E-state index in [1.165, 1.54) is 7.11 Å². The SMILES string of the molecule is C=CC1CCC(=O)C1(CCCCC)C(=O)OC. The van der Waals surface area contributed by atoms with Crippen LogP contribution in [0.25, 0.3) is 0 Å². The van der Waals surface area contributed by atoms with E-state index in [2.05, 4.69) is 13.5 Å². The molecule has 0 aromatic heterocycles. The van der Waals surface area contributed by atoms with Crippen LogP contribution in [0.1, 0.15) is 45.4 Å². The van der Waals surface area contributed by atoms with Crippen molar-refractivity contribution < 1.29 is 14.3 Å². The summed E-state index contributed by atoms with van der Waals surface area (Å²) in [5, 5.41) is 0. The molecular formula is C14H22O3. The molecule has 2 unspecified atom stereocenters. The molecule has 0 aromatic carbocycles. The highest BCUT2D eigenvalue weighted by atomic mass is 16.5. The number of Topliss-reactive ketones (excluding diaryl/α,β-unsaturated/α-hetero) is 1. The van der Waals surface area contributed by atoms with Crippen LogP contribution in [0, 0.1) is 11.3 Å². The molecule has 3 nitrogen and oxygen atoms in total. The average molecular weight is 238 g/mol. The van der Waals surface area contributed by atoms with Crippen molar-refractivity contribution in [3.8, 4) is 0 Å². The van der Waals surface area contributed by atoms with Crippen molar-refractivity contribution in [2.45, 2.75) is 45.4 Å². The summed E-state index contributed by atoms with van der Waals surface area (Å²) in [6.45, 7) is 5.86. The highest BCUT2D eigenvalue weighted by molar-refractivity contribution is 6.06. The molecular weight excluding hydrogens is 216 g/mol. The van der Waals surface area contributed by atoms with Crippen molar-refractivity contribution in [2.75, 3.05) is 7.11 Å². The number of hydrogen-bond donors (Lipinski definition) is 0. The van der Waals surface area contributed by atoms with E-state index in [0.29, 0.717) is 12.8 Å². The van der Waals surface area contributed by atoms with Crippen LogP contribution in [-0.2, 0) is 14.3 Å². The van der Waals surface area contributed by atoms with Gasteiger partial charge in [-0.1, -0.05) is 32.3 Å². The van der Waals surface area contributed by atoms with Gasteiger partial charge < -0.3 is 4.74 Å². The third-order valence-corrected chi connectivity index (χ3v) is 3.82. The van der Waals surface area contributed by atoms with E-state index < -0.39 is 5.41 Å². The number of carbonyl (C=O) groups excluding carboxylic acids is 2.